The first-order chi connectivity index (χ1) is 8.09. The molecule has 1 aromatic carbocycles. The average molecular weight is 256 g/mol. The molecule has 1 aliphatic rings. The van der Waals surface area contributed by atoms with E-state index in [0.717, 1.165) is 24.8 Å². The van der Waals surface area contributed by atoms with Crippen LogP contribution in [0.2, 0.25) is 5.02 Å². The van der Waals surface area contributed by atoms with E-state index in [9.17, 15) is 10.2 Å². The van der Waals surface area contributed by atoms with E-state index in [1.54, 1.807) is 12.1 Å². The molecule has 1 aromatic rings. The maximum absolute atomic E-state index is 9.91. The maximum atomic E-state index is 9.91. The highest BCUT2D eigenvalue weighted by Crippen LogP contribution is 2.30. The largest absolute Gasteiger partial charge is 0.389 e. The third kappa shape index (κ3) is 3.42. The van der Waals surface area contributed by atoms with Crippen molar-refractivity contribution in [2.24, 2.45) is 0 Å². The fourth-order valence-electron chi connectivity index (χ4n) is 2.01. The average Bonchev–Trinajstić information content (AvgIpc) is 2.27. The fourth-order valence-corrected chi connectivity index (χ4v) is 2.13. The van der Waals surface area contributed by atoms with Gasteiger partial charge < -0.3 is 15.5 Å². The number of hydrogen-bond donors (Lipinski definition) is 3. The van der Waals surface area contributed by atoms with Crippen molar-refractivity contribution in [3.05, 3.63) is 34.9 Å². The van der Waals surface area contributed by atoms with Crippen LogP contribution < -0.4 is 5.32 Å². The summed E-state index contributed by atoms with van der Waals surface area (Å²) >= 11 is 5.78. The lowest BCUT2D eigenvalue weighted by Crippen LogP contribution is -2.46. The molecule has 0 aromatic heterocycles. The molecule has 1 atom stereocenters. The Morgan fingerprint density at radius 3 is 2.47 bits per heavy atom. The predicted octanol–water partition coefficient (Wildman–Crippen LogP) is 1.88. The third-order valence-corrected chi connectivity index (χ3v) is 3.58. The van der Waals surface area contributed by atoms with Crippen molar-refractivity contribution in [3.63, 3.8) is 0 Å². The summed E-state index contributed by atoms with van der Waals surface area (Å²) in [4.78, 5) is 0. The molecular weight excluding hydrogens is 238 g/mol. The van der Waals surface area contributed by atoms with Gasteiger partial charge in [-0.1, -0.05) is 23.7 Å². The lowest BCUT2D eigenvalue weighted by molar-refractivity contribution is -0.0328. The van der Waals surface area contributed by atoms with E-state index in [2.05, 4.69) is 5.32 Å². The Kier molecular flexibility index (Phi) is 4.05. The van der Waals surface area contributed by atoms with Crippen LogP contribution in [0.15, 0.2) is 24.3 Å². The Morgan fingerprint density at radius 1 is 1.29 bits per heavy atom. The number of aliphatic hydroxyl groups excluding tert-OH is 1. The van der Waals surface area contributed by atoms with Crippen LogP contribution in [0, 0.1) is 0 Å². The van der Waals surface area contributed by atoms with Crippen LogP contribution in [0.3, 0.4) is 0 Å². The molecule has 0 amide bonds. The molecule has 0 radical (unpaired) electrons. The minimum atomic E-state index is -0.559. The normalized spacial score (nSPS) is 19.7. The highest BCUT2D eigenvalue weighted by atomic mass is 35.5. The van der Waals surface area contributed by atoms with Crippen molar-refractivity contribution in [3.8, 4) is 0 Å². The SMILES string of the molecule is OC(CNCC1(O)CCC1)c1ccc(Cl)cc1. The van der Waals surface area contributed by atoms with Gasteiger partial charge in [-0.05, 0) is 37.0 Å². The van der Waals surface area contributed by atoms with E-state index in [-0.39, 0.29) is 0 Å². The Balaban J connectivity index is 1.77. The molecule has 1 unspecified atom stereocenters. The zero-order chi connectivity index (χ0) is 12.3. The molecule has 17 heavy (non-hydrogen) atoms. The summed E-state index contributed by atoms with van der Waals surface area (Å²) in [5.74, 6) is 0. The van der Waals surface area contributed by atoms with Crippen LogP contribution >= 0.6 is 11.6 Å². The molecule has 1 aliphatic carbocycles. The zero-order valence-corrected chi connectivity index (χ0v) is 10.5. The van der Waals surface area contributed by atoms with E-state index in [4.69, 9.17) is 11.6 Å². The summed E-state index contributed by atoms with van der Waals surface area (Å²) < 4.78 is 0. The Labute approximate surface area is 106 Å². The van der Waals surface area contributed by atoms with Crippen LogP contribution in [-0.2, 0) is 0 Å². The summed E-state index contributed by atoms with van der Waals surface area (Å²) in [6, 6.07) is 7.15. The van der Waals surface area contributed by atoms with Gasteiger partial charge in [-0.2, -0.15) is 0 Å². The Morgan fingerprint density at radius 2 is 1.94 bits per heavy atom. The molecule has 0 heterocycles. The first kappa shape index (κ1) is 12.8. The summed E-state index contributed by atoms with van der Waals surface area (Å²) in [6.07, 6.45) is 2.25. The second kappa shape index (κ2) is 5.36. The third-order valence-electron chi connectivity index (χ3n) is 3.33. The van der Waals surface area contributed by atoms with Gasteiger partial charge >= 0.3 is 0 Å². The standard InChI is InChI=1S/C13H18ClNO2/c14-11-4-2-10(3-5-11)12(16)8-15-9-13(17)6-1-7-13/h2-5,12,15-17H,1,6-9H2. The fraction of sp³-hybridized carbons (Fsp3) is 0.538. The van der Waals surface area contributed by atoms with Crippen LogP contribution in [0.4, 0.5) is 0 Å². The molecule has 3 N–H and O–H groups in total. The molecule has 1 fully saturated rings. The lowest BCUT2D eigenvalue weighted by Gasteiger charge is -2.37. The van der Waals surface area contributed by atoms with Crippen molar-refractivity contribution in [2.75, 3.05) is 13.1 Å². The summed E-state index contributed by atoms with van der Waals surface area (Å²) in [6.45, 7) is 1.00. The number of benzene rings is 1. The molecule has 4 heteroatoms. The van der Waals surface area contributed by atoms with E-state index in [1.807, 2.05) is 12.1 Å². The van der Waals surface area contributed by atoms with Crippen molar-refractivity contribution in [2.45, 2.75) is 31.0 Å². The second-order valence-electron chi connectivity index (χ2n) is 4.78. The van der Waals surface area contributed by atoms with Crippen LogP contribution in [0.5, 0.6) is 0 Å². The van der Waals surface area contributed by atoms with Crippen molar-refractivity contribution >= 4 is 11.6 Å². The zero-order valence-electron chi connectivity index (χ0n) is 9.69. The molecular formula is C13H18ClNO2. The number of hydrogen-bond acceptors (Lipinski definition) is 3. The van der Waals surface area contributed by atoms with Crippen molar-refractivity contribution in [1.82, 2.24) is 5.32 Å². The summed E-state index contributed by atoms with van der Waals surface area (Å²) in [7, 11) is 0. The van der Waals surface area contributed by atoms with Gasteiger partial charge in [0, 0.05) is 18.1 Å². The Hall–Kier alpha value is -0.610. The van der Waals surface area contributed by atoms with E-state index in [1.165, 1.54) is 0 Å². The highest BCUT2D eigenvalue weighted by Gasteiger charge is 2.33. The van der Waals surface area contributed by atoms with Crippen molar-refractivity contribution in [1.29, 1.82) is 0 Å². The van der Waals surface area contributed by atoms with E-state index < -0.39 is 11.7 Å². The van der Waals surface area contributed by atoms with Gasteiger partial charge in [0.25, 0.3) is 0 Å². The monoisotopic (exact) mass is 255 g/mol. The number of halogens is 1. The Bertz CT molecular complexity index is 362. The molecule has 3 nitrogen and oxygen atoms in total. The number of nitrogens with one attached hydrogen (secondary N) is 1. The van der Waals surface area contributed by atoms with Gasteiger partial charge in [0.05, 0.1) is 11.7 Å². The molecule has 2 rings (SSSR count). The molecule has 94 valence electrons. The smallest absolute Gasteiger partial charge is 0.0914 e. The topological polar surface area (TPSA) is 52.5 Å². The quantitative estimate of drug-likeness (QED) is 0.753. The minimum Gasteiger partial charge on any atom is -0.389 e. The van der Waals surface area contributed by atoms with Gasteiger partial charge in [0.2, 0.25) is 0 Å². The molecule has 0 bridgehead atoms. The lowest BCUT2D eigenvalue weighted by atomic mass is 9.80. The predicted molar refractivity (Wildman–Crippen MR) is 68.1 cm³/mol. The van der Waals surface area contributed by atoms with Gasteiger partial charge in [0.15, 0.2) is 0 Å². The first-order valence-corrected chi connectivity index (χ1v) is 6.33. The van der Waals surface area contributed by atoms with Gasteiger partial charge in [-0.3, -0.25) is 0 Å². The first-order valence-electron chi connectivity index (χ1n) is 5.96. The van der Waals surface area contributed by atoms with E-state index >= 15 is 0 Å². The molecule has 0 spiro atoms. The minimum absolute atomic E-state index is 0.448. The van der Waals surface area contributed by atoms with Gasteiger partial charge in [0.1, 0.15) is 0 Å². The van der Waals surface area contributed by atoms with Crippen LogP contribution in [0.25, 0.3) is 0 Å². The second-order valence-corrected chi connectivity index (χ2v) is 5.21. The molecule has 1 saturated carbocycles. The van der Waals surface area contributed by atoms with Gasteiger partial charge in [-0.15, -0.1) is 0 Å². The number of aliphatic hydroxyl groups is 2. The number of rotatable bonds is 5. The van der Waals surface area contributed by atoms with E-state index in [0.29, 0.717) is 18.1 Å². The highest BCUT2D eigenvalue weighted by molar-refractivity contribution is 6.30. The molecule has 0 aliphatic heterocycles. The summed E-state index contributed by atoms with van der Waals surface area (Å²) in [5, 5.41) is 23.6. The van der Waals surface area contributed by atoms with Crippen molar-refractivity contribution < 1.29 is 10.2 Å². The van der Waals surface area contributed by atoms with Crippen LogP contribution in [0.1, 0.15) is 30.9 Å². The van der Waals surface area contributed by atoms with Gasteiger partial charge in [-0.25, -0.2) is 0 Å². The maximum Gasteiger partial charge on any atom is 0.0914 e. The molecule has 0 saturated heterocycles. The summed E-state index contributed by atoms with van der Waals surface area (Å²) in [5.41, 5.74) is 0.294. The van der Waals surface area contributed by atoms with Crippen LogP contribution in [-0.4, -0.2) is 28.9 Å².